The van der Waals surface area contributed by atoms with Gasteiger partial charge in [0, 0.05) is 19.0 Å². The van der Waals surface area contributed by atoms with Crippen LogP contribution < -0.4 is 0 Å². The third kappa shape index (κ3) is 3.72. The van der Waals surface area contributed by atoms with E-state index in [1.54, 1.807) is 0 Å². The first-order valence-corrected chi connectivity index (χ1v) is 7.18. The van der Waals surface area contributed by atoms with Gasteiger partial charge in [-0.1, -0.05) is 20.8 Å². The normalized spacial score (nSPS) is 25.7. The van der Waals surface area contributed by atoms with Gasteiger partial charge in [-0.25, -0.2) is 0 Å². The first-order chi connectivity index (χ1) is 7.90. The number of nitrogens with zero attached hydrogens (tertiary/aromatic N) is 1. The number of carbonyl (C=O) groups excluding carboxylic acids is 1. The highest BCUT2D eigenvalue weighted by Gasteiger charge is 2.33. The van der Waals surface area contributed by atoms with Crippen molar-refractivity contribution in [3.8, 4) is 0 Å². The quantitative estimate of drug-likeness (QED) is 0.735. The third-order valence-corrected chi connectivity index (χ3v) is 4.38. The van der Waals surface area contributed by atoms with Gasteiger partial charge in [0.2, 0.25) is 5.91 Å². The summed E-state index contributed by atoms with van der Waals surface area (Å²) in [5.41, 5.74) is 0.406. The average Bonchev–Trinajstić information content (AvgIpc) is 2.29. The fourth-order valence-electron chi connectivity index (χ4n) is 3.00. The fraction of sp³-hybridized carbons (Fsp3) is 0.933. The van der Waals surface area contributed by atoms with Crippen LogP contribution in [0.2, 0.25) is 0 Å². The van der Waals surface area contributed by atoms with E-state index < -0.39 is 0 Å². The lowest BCUT2D eigenvalue weighted by Gasteiger charge is -2.37. The summed E-state index contributed by atoms with van der Waals surface area (Å²) in [6.07, 6.45) is 4.64. The van der Waals surface area contributed by atoms with Crippen molar-refractivity contribution in [1.82, 2.24) is 4.90 Å². The van der Waals surface area contributed by atoms with Crippen molar-refractivity contribution in [1.29, 1.82) is 0 Å². The molecule has 1 amide bonds. The molecule has 0 N–H and O–H groups in total. The summed E-state index contributed by atoms with van der Waals surface area (Å²) in [6, 6.07) is 0. The first kappa shape index (κ1) is 14.5. The molecule has 17 heavy (non-hydrogen) atoms. The molecule has 100 valence electrons. The van der Waals surface area contributed by atoms with Crippen LogP contribution >= 0.6 is 0 Å². The second-order valence-electron chi connectivity index (χ2n) is 6.43. The molecule has 1 aliphatic rings. The summed E-state index contributed by atoms with van der Waals surface area (Å²) < 4.78 is 0. The lowest BCUT2D eigenvalue weighted by Crippen LogP contribution is -2.38. The SMILES string of the molecule is CCN(CC)C(=O)C1CCC(C(C)(C)C)CC1. The Kier molecular flexibility index (Phi) is 5.03. The Hall–Kier alpha value is -0.530. The smallest absolute Gasteiger partial charge is 0.225 e. The van der Waals surface area contributed by atoms with E-state index in [-0.39, 0.29) is 0 Å². The van der Waals surface area contributed by atoms with Crippen molar-refractivity contribution in [3.63, 3.8) is 0 Å². The molecular weight excluding hydrogens is 210 g/mol. The third-order valence-electron chi connectivity index (χ3n) is 4.38. The summed E-state index contributed by atoms with van der Waals surface area (Å²) >= 11 is 0. The molecule has 2 heteroatoms. The summed E-state index contributed by atoms with van der Waals surface area (Å²) in [7, 11) is 0. The van der Waals surface area contributed by atoms with Crippen LogP contribution in [0.5, 0.6) is 0 Å². The average molecular weight is 239 g/mol. The van der Waals surface area contributed by atoms with Gasteiger partial charge in [0.05, 0.1) is 0 Å². The van der Waals surface area contributed by atoms with Crippen molar-refractivity contribution in [2.24, 2.45) is 17.3 Å². The van der Waals surface area contributed by atoms with Crippen molar-refractivity contribution in [2.45, 2.75) is 60.3 Å². The molecule has 0 unspecified atom stereocenters. The van der Waals surface area contributed by atoms with Crippen molar-refractivity contribution >= 4 is 5.91 Å². The summed E-state index contributed by atoms with van der Waals surface area (Å²) in [5.74, 6) is 1.49. The van der Waals surface area contributed by atoms with E-state index in [0.717, 1.165) is 31.8 Å². The monoisotopic (exact) mass is 239 g/mol. The fourth-order valence-corrected chi connectivity index (χ4v) is 3.00. The van der Waals surface area contributed by atoms with E-state index in [9.17, 15) is 4.79 Å². The molecule has 0 aromatic heterocycles. The van der Waals surface area contributed by atoms with E-state index in [1.807, 2.05) is 4.90 Å². The molecule has 0 radical (unpaired) electrons. The Morgan fingerprint density at radius 3 is 1.88 bits per heavy atom. The van der Waals surface area contributed by atoms with E-state index in [1.165, 1.54) is 12.8 Å². The van der Waals surface area contributed by atoms with Crippen LogP contribution in [0.4, 0.5) is 0 Å². The van der Waals surface area contributed by atoms with Crippen LogP contribution in [0.15, 0.2) is 0 Å². The van der Waals surface area contributed by atoms with Crippen LogP contribution in [0.1, 0.15) is 60.3 Å². The second kappa shape index (κ2) is 5.88. The van der Waals surface area contributed by atoms with Crippen LogP contribution in [-0.4, -0.2) is 23.9 Å². The molecule has 0 saturated heterocycles. The predicted octanol–water partition coefficient (Wildman–Crippen LogP) is 3.71. The zero-order valence-corrected chi connectivity index (χ0v) is 12.3. The molecule has 0 bridgehead atoms. The molecule has 1 rings (SSSR count). The van der Waals surface area contributed by atoms with Crippen molar-refractivity contribution in [3.05, 3.63) is 0 Å². The molecule has 1 fully saturated rings. The van der Waals surface area contributed by atoms with Crippen LogP contribution in [0, 0.1) is 17.3 Å². The molecular formula is C15H29NO. The number of hydrogen-bond donors (Lipinski definition) is 0. The molecule has 0 heterocycles. The van der Waals surface area contributed by atoms with Crippen LogP contribution in [-0.2, 0) is 4.79 Å². The lowest BCUT2D eigenvalue weighted by molar-refractivity contribution is -0.136. The zero-order valence-electron chi connectivity index (χ0n) is 12.3. The minimum Gasteiger partial charge on any atom is -0.343 e. The zero-order chi connectivity index (χ0) is 13.1. The van der Waals surface area contributed by atoms with Crippen LogP contribution in [0.25, 0.3) is 0 Å². The molecule has 1 saturated carbocycles. The van der Waals surface area contributed by atoms with Crippen LogP contribution in [0.3, 0.4) is 0 Å². The van der Waals surface area contributed by atoms with Crippen molar-refractivity contribution < 1.29 is 4.79 Å². The van der Waals surface area contributed by atoms with Gasteiger partial charge < -0.3 is 4.90 Å². The Labute approximate surface area is 107 Å². The standard InChI is InChI=1S/C15H29NO/c1-6-16(7-2)14(17)12-8-10-13(11-9-12)15(3,4)5/h12-13H,6-11H2,1-5H3. The Bertz CT molecular complexity index is 242. The highest BCUT2D eigenvalue weighted by atomic mass is 16.2. The van der Waals surface area contributed by atoms with E-state index >= 15 is 0 Å². The summed E-state index contributed by atoms with van der Waals surface area (Å²) in [5, 5.41) is 0. The Balaban J connectivity index is 2.49. The summed E-state index contributed by atoms with van der Waals surface area (Å²) in [4.78, 5) is 14.2. The topological polar surface area (TPSA) is 20.3 Å². The number of carbonyl (C=O) groups is 1. The minimum absolute atomic E-state index is 0.300. The molecule has 1 aliphatic carbocycles. The van der Waals surface area contributed by atoms with Gasteiger partial charge in [-0.3, -0.25) is 4.79 Å². The highest BCUT2D eigenvalue weighted by Crippen LogP contribution is 2.40. The second-order valence-corrected chi connectivity index (χ2v) is 6.43. The molecule has 0 aromatic carbocycles. The Morgan fingerprint density at radius 1 is 1.06 bits per heavy atom. The minimum atomic E-state index is 0.300. The molecule has 0 atom stereocenters. The molecule has 0 aromatic rings. The van der Waals surface area contributed by atoms with Gasteiger partial charge >= 0.3 is 0 Å². The largest absolute Gasteiger partial charge is 0.343 e. The van der Waals surface area contributed by atoms with Crippen molar-refractivity contribution in [2.75, 3.05) is 13.1 Å². The number of amides is 1. The van der Waals surface area contributed by atoms with E-state index in [4.69, 9.17) is 0 Å². The first-order valence-electron chi connectivity index (χ1n) is 7.18. The summed E-state index contributed by atoms with van der Waals surface area (Å²) in [6.45, 7) is 12.8. The molecule has 0 aliphatic heterocycles. The van der Waals surface area contributed by atoms with Gasteiger partial charge in [0.25, 0.3) is 0 Å². The van der Waals surface area contributed by atoms with Gasteiger partial charge in [0.1, 0.15) is 0 Å². The highest BCUT2D eigenvalue weighted by molar-refractivity contribution is 5.78. The number of rotatable bonds is 3. The Morgan fingerprint density at radius 2 is 1.53 bits per heavy atom. The van der Waals surface area contributed by atoms with Gasteiger partial charge in [0.15, 0.2) is 0 Å². The lowest BCUT2D eigenvalue weighted by atomic mass is 9.69. The van der Waals surface area contributed by atoms with Gasteiger partial charge in [-0.15, -0.1) is 0 Å². The van der Waals surface area contributed by atoms with E-state index in [2.05, 4.69) is 34.6 Å². The van der Waals surface area contributed by atoms with E-state index in [0.29, 0.717) is 17.2 Å². The maximum absolute atomic E-state index is 12.2. The molecule has 2 nitrogen and oxygen atoms in total. The number of hydrogen-bond acceptors (Lipinski definition) is 1. The van der Waals surface area contributed by atoms with Gasteiger partial charge in [-0.05, 0) is 50.9 Å². The maximum Gasteiger partial charge on any atom is 0.225 e. The van der Waals surface area contributed by atoms with Gasteiger partial charge in [-0.2, -0.15) is 0 Å². The molecule has 0 spiro atoms. The maximum atomic E-state index is 12.2. The predicted molar refractivity (Wildman–Crippen MR) is 72.8 cm³/mol.